The van der Waals surface area contributed by atoms with E-state index in [1.165, 1.54) is 6.20 Å². The zero-order valence-corrected chi connectivity index (χ0v) is 9.64. The zero-order chi connectivity index (χ0) is 13.4. The molecule has 1 rings (SSSR count). The molecule has 0 atom stereocenters. The molecule has 1 amide bonds. The van der Waals surface area contributed by atoms with Gasteiger partial charge in [0.25, 0.3) is 0 Å². The number of amides is 1. The quantitative estimate of drug-likeness (QED) is 0.481. The van der Waals surface area contributed by atoms with Crippen molar-refractivity contribution >= 4 is 17.6 Å². The number of nitrogens with one attached hydrogen (secondary N) is 2. The molecule has 1 aromatic heterocycles. The molecule has 0 saturated carbocycles. The summed E-state index contributed by atoms with van der Waals surface area (Å²) in [6.45, 7) is 0.435. The van der Waals surface area contributed by atoms with Crippen molar-refractivity contribution in [3.63, 3.8) is 0 Å². The van der Waals surface area contributed by atoms with Crippen LogP contribution in [0, 0.1) is 12.3 Å². The van der Waals surface area contributed by atoms with Gasteiger partial charge in [0.15, 0.2) is 0 Å². The van der Waals surface area contributed by atoms with Gasteiger partial charge in [-0.3, -0.25) is 19.9 Å². The van der Waals surface area contributed by atoms with Crippen LogP contribution in [0.15, 0.2) is 18.3 Å². The highest BCUT2D eigenvalue weighted by atomic mass is 16.4. The smallest absolute Gasteiger partial charge is 0.309 e. The predicted octanol–water partition coefficient (Wildman–Crippen LogP) is -0.130. The van der Waals surface area contributed by atoms with Crippen molar-refractivity contribution in [3.8, 4) is 12.3 Å². The Morgan fingerprint density at radius 1 is 1.44 bits per heavy atom. The van der Waals surface area contributed by atoms with Crippen molar-refractivity contribution in [3.05, 3.63) is 24.0 Å². The van der Waals surface area contributed by atoms with Gasteiger partial charge in [0.2, 0.25) is 5.91 Å². The van der Waals surface area contributed by atoms with Crippen LogP contribution in [0.2, 0.25) is 0 Å². The van der Waals surface area contributed by atoms with E-state index in [0.29, 0.717) is 17.9 Å². The normalized spacial score (nSPS) is 9.50. The minimum absolute atomic E-state index is 0.112. The van der Waals surface area contributed by atoms with Gasteiger partial charge in [-0.25, -0.2) is 0 Å². The molecule has 0 aliphatic carbocycles. The van der Waals surface area contributed by atoms with Gasteiger partial charge in [0, 0.05) is 0 Å². The number of hydrogen-bond acceptors (Lipinski definition) is 4. The maximum Gasteiger partial charge on any atom is 0.309 e. The molecule has 0 bridgehead atoms. The molecule has 6 heteroatoms. The maximum absolute atomic E-state index is 11.4. The highest BCUT2D eigenvalue weighted by Crippen LogP contribution is 2.06. The van der Waals surface area contributed by atoms with E-state index < -0.39 is 5.97 Å². The second-order valence-electron chi connectivity index (χ2n) is 3.46. The van der Waals surface area contributed by atoms with E-state index in [4.69, 9.17) is 11.5 Å². The number of carbonyl (C=O) groups excluding carboxylic acids is 1. The lowest BCUT2D eigenvalue weighted by molar-refractivity contribution is -0.136. The van der Waals surface area contributed by atoms with Crippen LogP contribution in [0.3, 0.4) is 0 Å². The van der Waals surface area contributed by atoms with Gasteiger partial charge in [0.05, 0.1) is 37.1 Å². The van der Waals surface area contributed by atoms with E-state index in [2.05, 4.69) is 21.5 Å². The molecule has 0 unspecified atom stereocenters. The molecule has 18 heavy (non-hydrogen) atoms. The van der Waals surface area contributed by atoms with Crippen LogP contribution in [-0.4, -0.2) is 35.1 Å². The largest absolute Gasteiger partial charge is 0.481 e. The molecule has 0 spiro atoms. The molecule has 6 nitrogen and oxygen atoms in total. The van der Waals surface area contributed by atoms with E-state index in [-0.39, 0.29) is 18.9 Å². The number of pyridine rings is 1. The molecule has 1 heterocycles. The molecular weight excluding hydrogens is 234 g/mol. The van der Waals surface area contributed by atoms with E-state index in [0.717, 1.165) is 0 Å². The minimum atomic E-state index is -0.947. The summed E-state index contributed by atoms with van der Waals surface area (Å²) in [5.74, 6) is 1.17. The Kier molecular flexibility index (Phi) is 5.35. The summed E-state index contributed by atoms with van der Waals surface area (Å²) >= 11 is 0. The Hall–Kier alpha value is -2.39. The van der Waals surface area contributed by atoms with Gasteiger partial charge in [-0.15, -0.1) is 6.42 Å². The first-order chi connectivity index (χ1) is 8.61. The van der Waals surface area contributed by atoms with Crippen LogP contribution in [0.4, 0.5) is 5.69 Å². The number of carbonyl (C=O) groups is 2. The number of carboxylic acid groups (broad SMARTS) is 1. The van der Waals surface area contributed by atoms with Crippen LogP contribution >= 0.6 is 0 Å². The second kappa shape index (κ2) is 7.04. The van der Waals surface area contributed by atoms with Crippen molar-refractivity contribution < 1.29 is 14.7 Å². The summed E-state index contributed by atoms with van der Waals surface area (Å²) < 4.78 is 0. The van der Waals surface area contributed by atoms with Crippen LogP contribution in [0.25, 0.3) is 0 Å². The molecule has 0 fully saturated rings. The molecule has 3 N–H and O–H groups in total. The lowest BCUT2D eigenvalue weighted by Gasteiger charge is -2.05. The summed E-state index contributed by atoms with van der Waals surface area (Å²) in [6.07, 6.45) is 6.29. The van der Waals surface area contributed by atoms with Crippen molar-refractivity contribution in [2.75, 3.05) is 18.4 Å². The average molecular weight is 247 g/mol. The van der Waals surface area contributed by atoms with Gasteiger partial charge in [0.1, 0.15) is 0 Å². The number of rotatable bonds is 6. The summed E-state index contributed by atoms with van der Waals surface area (Å²) in [4.78, 5) is 25.7. The third kappa shape index (κ3) is 5.09. The van der Waals surface area contributed by atoms with Gasteiger partial charge >= 0.3 is 5.97 Å². The van der Waals surface area contributed by atoms with Crippen molar-refractivity contribution in [1.82, 2.24) is 10.3 Å². The Morgan fingerprint density at radius 3 is 2.78 bits per heavy atom. The van der Waals surface area contributed by atoms with Gasteiger partial charge in [-0.1, -0.05) is 5.92 Å². The number of carboxylic acids is 1. The first-order valence-corrected chi connectivity index (χ1v) is 5.22. The second-order valence-corrected chi connectivity index (χ2v) is 3.46. The average Bonchev–Trinajstić information content (AvgIpc) is 2.31. The first-order valence-electron chi connectivity index (χ1n) is 5.22. The summed E-state index contributed by atoms with van der Waals surface area (Å²) in [5, 5.41) is 13.9. The standard InChI is InChI=1S/C12H13N3O3/c1-2-5-13-8-11(16)15-10-4-3-9(14-7-10)6-12(17)18/h1,3-4,7,13H,5-6,8H2,(H,15,16)(H,17,18). The van der Waals surface area contributed by atoms with E-state index in [9.17, 15) is 9.59 Å². The Morgan fingerprint density at radius 2 is 2.22 bits per heavy atom. The fourth-order valence-electron chi connectivity index (χ4n) is 1.21. The molecule has 0 aliphatic rings. The molecule has 94 valence electrons. The van der Waals surface area contributed by atoms with E-state index in [1.807, 2.05) is 0 Å². The minimum Gasteiger partial charge on any atom is -0.481 e. The monoisotopic (exact) mass is 247 g/mol. The Labute approximate surface area is 104 Å². The van der Waals surface area contributed by atoms with Crippen LogP contribution in [-0.2, 0) is 16.0 Å². The third-order valence-electron chi connectivity index (χ3n) is 1.95. The highest BCUT2D eigenvalue weighted by molar-refractivity contribution is 5.92. The third-order valence-corrected chi connectivity index (χ3v) is 1.95. The maximum atomic E-state index is 11.4. The number of anilines is 1. The molecule has 0 aliphatic heterocycles. The number of terminal acetylenes is 1. The van der Waals surface area contributed by atoms with Gasteiger partial charge in [-0.05, 0) is 12.1 Å². The van der Waals surface area contributed by atoms with E-state index in [1.54, 1.807) is 12.1 Å². The number of nitrogens with zero attached hydrogens (tertiary/aromatic N) is 1. The summed E-state index contributed by atoms with van der Waals surface area (Å²) in [6, 6.07) is 3.16. The molecule has 0 aromatic carbocycles. The first kappa shape index (κ1) is 13.7. The molecule has 0 radical (unpaired) electrons. The van der Waals surface area contributed by atoms with Crippen LogP contribution < -0.4 is 10.6 Å². The number of aliphatic carboxylic acids is 1. The van der Waals surface area contributed by atoms with Crippen molar-refractivity contribution in [1.29, 1.82) is 0 Å². The molecule has 0 saturated heterocycles. The van der Waals surface area contributed by atoms with Crippen molar-refractivity contribution in [2.24, 2.45) is 0 Å². The Balaban J connectivity index is 2.46. The summed E-state index contributed by atoms with van der Waals surface area (Å²) in [7, 11) is 0. The molecular formula is C12H13N3O3. The Bertz CT molecular complexity index is 462. The summed E-state index contributed by atoms with van der Waals surface area (Å²) in [5.41, 5.74) is 0.947. The van der Waals surface area contributed by atoms with E-state index >= 15 is 0 Å². The highest BCUT2D eigenvalue weighted by Gasteiger charge is 2.04. The zero-order valence-electron chi connectivity index (χ0n) is 9.64. The fourth-order valence-corrected chi connectivity index (χ4v) is 1.21. The van der Waals surface area contributed by atoms with Gasteiger partial charge < -0.3 is 10.4 Å². The van der Waals surface area contributed by atoms with Crippen LogP contribution in [0.1, 0.15) is 5.69 Å². The lowest BCUT2D eigenvalue weighted by atomic mass is 10.2. The number of aromatic nitrogens is 1. The molecule has 1 aromatic rings. The topological polar surface area (TPSA) is 91.3 Å². The number of hydrogen-bond donors (Lipinski definition) is 3. The van der Waals surface area contributed by atoms with Crippen LogP contribution in [0.5, 0.6) is 0 Å². The predicted molar refractivity (Wildman–Crippen MR) is 65.9 cm³/mol. The van der Waals surface area contributed by atoms with Crippen molar-refractivity contribution in [2.45, 2.75) is 6.42 Å². The SMILES string of the molecule is C#CCNCC(=O)Nc1ccc(CC(=O)O)nc1. The van der Waals surface area contributed by atoms with Gasteiger partial charge in [-0.2, -0.15) is 0 Å². The lowest BCUT2D eigenvalue weighted by Crippen LogP contribution is -2.28. The fraction of sp³-hybridized carbons (Fsp3) is 0.250.